The van der Waals surface area contributed by atoms with Crippen molar-refractivity contribution in [2.75, 3.05) is 0 Å². The van der Waals surface area contributed by atoms with Crippen LogP contribution in [0.15, 0.2) is 49.1 Å². The molecule has 5 nitrogen and oxygen atoms in total. The highest BCUT2D eigenvalue weighted by Gasteiger charge is 2.14. The Bertz CT molecular complexity index is 604. The lowest BCUT2D eigenvalue weighted by molar-refractivity contribution is 0.0944. The largest absolute Gasteiger partial charge is 0.346 e. The molecule has 1 amide bonds. The standard InChI is InChI=1S/C14H14N4O/c19-14(17-12-5-1-2-6-12)11-4-3-7-13(8-11)18-9-15-16-10-18/h1,3-5,7-10,12H,2,6H2,(H,17,19). The molecule has 1 aliphatic carbocycles. The van der Waals surface area contributed by atoms with Gasteiger partial charge >= 0.3 is 0 Å². The van der Waals surface area contributed by atoms with Crippen molar-refractivity contribution in [1.82, 2.24) is 20.1 Å². The summed E-state index contributed by atoms with van der Waals surface area (Å²) in [7, 11) is 0. The molecule has 0 bridgehead atoms. The maximum atomic E-state index is 12.1. The topological polar surface area (TPSA) is 59.8 Å². The van der Waals surface area contributed by atoms with Crippen molar-refractivity contribution < 1.29 is 4.79 Å². The summed E-state index contributed by atoms with van der Waals surface area (Å²) in [6.45, 7) is 0. The number of hydrogen-bond donors (Lipinski definition) is 1. The smallest absolute Gasteiger partial charge is 0.251 e. The molecule has 2 aromatic rings. The molecule has 1 atom stereocenters. The first-order chi connectivity index (χ1) is 9.33. The minimum absolute atomic E-state index is 0.0496. The molecule has 5 heteroatoms. The van der Waals surface area contributed by atoms with Crippen LogP contribution in [0.2, 0.25) is 0 Å². The number of rotatable bonds is 3. The lowest BCUT2D eigenvalue weighted by Crippen LogP contribution is -2.31. The molecule has 1 heterocycles. The van der Waals surface area contributed by atoms with Crippen LogP contribution in [-0.2, 0) is 0 Å². The first-order valence-electron chi connectivity index (χ1n) is 6.25. The van der Waals surface area contributed by atoms with Gasteiger partial charge in [-0.25, -0.2) is 0 Å². The summed E-state index contributed by atoms with van der Waals surface area (Å²) in [4.78, 5) is 12.1. The van der Waals surface area contributed by atoms with Crippen LogP contribution in [0.1, 0.15) is 23.2 Å². The van der Waals surface area contributed by atoms with Gasteiger partial charge in [0.05, 0.1) is 0 Å². The number of carbonyl (C=O) groups excluding carboxylic acids is 1. The van der Waals surface area contributed by atoms with Crippen LogP contribution in [0.25, 0.3) is 5.69 Å². The van der Waals surface area contributed by atoms with E-state index in [1.165, 1.54) is 0 Å². The first-order valence-corrected chi connectivity index (χ1v) is 6.25. The van der Waals surface area contributed by atoms with Crippen LogP contribution in [0.3, 0.4) is 0 Å². The quantitative estimate of drug-likeness (QED) is 0.848. The predicted octanol–water partition coefficient (Wildman–Crippen LogP) is 1.72. The van der Waals surface area contributed by atoms with E-state index in [1.807, 2.05) is 30.3 Å². The van der Waals surface area contributed by atoms with Gasteiger partial charge in [-0.05, 0) is 31.0 Å². The van der Waals surface area contributed by atoms with Gasteiger partial charge in [-0.2, -0.15) is 0 Å². The summed E-state index contributed by atoms with van der Waals surface area (Å²) >= 11 is 0. The van der Waals surface area contributed by atoms with Gasteiger partial charge in [0, 0.05) is 17.3 Å². The molecule has 0 fully saturated rings. The number of aromatic nitrogens is 3. The SMILES string of the molecule is O=C(NC1C=CCC1)c1cccc(-n2cnnc2)c1. The van der Waals surface area contributed by atoms with E-state index >= 15 is 0 Å². The molecule has 1 N–H and O–H groups in total. The normalized spacial score (nSPS) is 17.6. The van der Waals surface area contributed by atoms with E-state index in [9.17, 15) is 4.79 Å². The van der Waals surface area contributed by atoms with Gasteiger partial charge in [0.25, 0.3) is 5.91 Å². The van der Waals surface area contributed by atoms with Gasteiger partial charge in [-0.3, -0.25) is 9.36 Å². The maximum absolute atomic E-state index is 12.1. The van der Waals surface area contributed by atoms with Crippen LogP contribution >= 0.6 is 0 Å². The monoisotopic (exact) mass is 254 g/mol. The molecule has 1 unspecified atom stereocenters. The Balaban J connectivity index is 1.79. The number of nitrogens with one attached hydrogen (secondary N) is 1. The summed E-state index contributed by atoms with van der Waals surface area (Å²) in [5.41, 5.74) is 1.52. The van der Waals surface area contributed by atoms with Crippen LogP contribution in [0.4, 0.5) is 0 Å². The Morgan fingerprint density at radius 1 is 1.32 bits per heavy atom. The molecular weight excluding hydrogens is 240 g/mol. The molecule has 19 heavy (non-hydrogen) atoms. The zero-order chi connectivity index (χ0) is 13.1. The Morgan fingerprint density at radius 2 is 2.16 bits per heavy atom. The number of benzene rings is 1. The average Bonchev–Trinajstić information content (AvgIpc) is 3.12. The second-order valence-corrected chi connectivity index (χ2v) is 4.50. The van der Waals surface area contributed by atoms with Crippen LogP contribution in [0.5, 0.6) is 0 Å². The second kappa shape index (κ2) is 5.06. The molecule has 0 radical (unpaired) electrons. The summed E-state index contributed by atoms with van der Waals surface area (Å²) in [5, 5.41) is 10.5. The maximum Gasteiger partial charge on any atom is 0.251 e. The summed E-state index contributed by atoms with van der Waals surface area (Å²) in [6, 6.07) is 7.56. The van der Waals surface area contributed by atoms with E-state index in [1.54, 1.807) is 17.2 Å². The fraction of sp³-hybridized carbons (Fsp3) is 0.214. The second-order valence-electron chi connectivity index (χ2n) is 4.50. The number of allylic oxidation sites excluding steroid dienone is 1. The van der Waals surface area contributed by atoms with E-state index in [2.05, 4.69) is 21.6 Å². The van der Waals surface area contributed by atoms with Gasteiger partial charge in [0.2, 0.25) is 0 Å². The Morgan fingerprint density at radius 3 is 2.89 bits per heavy atom. The highest BCUT2D eigenvalue weighted by Crippen LogP contribution is 2.12. The zero-order valence-corrected chi connectivity index (χ0v) is 10.4. The predicted molar refractivity (Wildman–Crippen MR) is 71.0 cm³/mol. The summed E-state index contributed by atoms with van der Waals surface area (Å²) in [5.74, 6) is -0.0496. The molecule has 96 valence electrons. The third-order valence-corrected chi connectivity index (χ3v) is 3.15. The van der Waals surface area contributed by atoms with Crippen LogP contribution in [0, 0.1) is 0 Å². The fourth-order valence-electron chi connectivity index (χ4n) is 2.15. The number of nitrogens with zero attached hydrogens (tertiary/aromatic N) is 3. The zero-order valence-electron chi connectivity index (χ0n) is 10.4. The third kappa shape index (κ3) is 2.54. The van der Waals surface area contributed by atoms with Gasteiger partial charge in [-0.1, -0.05) is 18.2 Å². The van der Waals surface area contributed by atoms with Crippen molar-refractivity contribution in [1.29, 1.82) is 0 Å². The van der Waals surface area contributed by atoms with Crippen molar-refractivity contribution in [3.8, 4) is 5.69 Å². The molecule has 0 saturated carbocycles. The van der Waals surface area contributed by atoms with Gasteiger partial charge in [-0.15, -0.1) is 10.2 Å². The minimum atomic E-state index is -0.0496. The van der Waals surface area contributed by atoms with Crippen LogP contribution in [-0.4, -0.2) is 26.7 Å². The van der Waals surface area contributed by atoms with Gasteiger partial charge in [0.15, 0.2) is 0 Å². The van der Waals surface area contributed by atoms with Crippen molar-refractivity contribution >= 4 is 5.91 Å². The molecule has 1 aromatic carbocycles. The first kappa shape index (κ1) is 11.6. The minimum Gasteiger partial charge on any atom is -0.346 e. The molecule has 3 rings (SSSR count). The fourth-order valence-corrected chi connectivity index (χ4v) is 2.15. The Kier molecular flexibility index (Phi) is 3.10. The number of amides is 1. The van der Waals surface area contributed by atoms with E-state index in [0.717, 1.165) is 18.5 Å². The molecular formula is C14H14N4O. The molecule has 1 aromatic heterocycles. The lowest BCUT2D eigenvalue weighted by atomic mass is 10.1. The van der Waals surface area contributed by atoms with Crippen LogP contribution < -0.4 is 5.32 Å². The number of carbonyl (C=O) groups is 1. The average molecular weight is 254 g/mol. The van der Waals surface area contributed by atoms with Crippen molar-refractivity contribution in [2.45, 2.75) is 18.9 Å². The molecule has 0 spiro atoms. The van der Waals surface area contributed by atoms with E-state index in [0.29, 0.717) is 5.56 Å². The molecule has 0 saturated heterocycles. The molecule has 1 aliphatic rings. The van der Waals surface area contributed by atoms with Gasteiger partial charge in [0.1, 0.15) is 12.7 Å². The highest BCUT2D eigenvalue weighted by atomic mass is 16.1. The van der Waals surface area contributed by atoms with Crippen molar-refractivity contribution in [3.63, 3.8) is 0 Å². The van der Waals surface area contributed by atoms with Gasteiger partial charge < -0.3 is 5.32 Å². The van der Waals surface area contributed by atoms with E-state index < -0.39 is 0 Å². The Hall–Kier alpha value is -2.43. The highest BCUT2D eigenvalue weighted by molar-refractivity contribution is 5.95. The van der Waals surface area contributed by atoms with Crippen molar-refractivity contribution in [2.24, 2.45) is 0 Å². The van der Waals surface area contributed by atoms with E-state index in [-0.39, 0.29) is 11.9 Å². The summed E-state index contributed by atoms with van der Waals surface area (Å²) in [6.07, 6.45) is 9.37. The van der Waals surface area contributed by atoms with E-state index in [4.69, 9.17) is 0 Å². The molecule has 0 aliphatic heterocycles. The number of hydrogen-bond acceptors (Lipinski definition) is 3. The van der Waals surface area contributed by atoms with Crippen molar-refractivity contribution in [3.05, 3.63) is 54.6 Å². The lowest BCUT2D eigenvalue weighted by Gasteiger charge is -2.11. The Labute approximate surface area is 111 Å². The summed E-state index contributed by atoms with van der Waals surface area (Å²) < 4.78 is 1.77. The third-order valence-electron chi connectivity index (χ3n) is 3.15.